The minimum Gasteiger partial charge on any atom is -0.478 e. The van der Waals surface area contributed by atoms with Crippen molar-refractivity contribution in [2.24, 2.45) is 0 Å². The number of hydrogen-bond donors (Lipinski definition) is 2. The minimum atomic E-state index is -0.880. The summed E-state index contributed by atoms with van der Waals surface area (Å²) in [6.45, 7) is 0.686. The fourth-order valence-corrected chi connectivity index (χ4v) is 2.68. The highest BCUT2D eigenvalue weighted by Crippen LogP contribution is 2.21. The van der Waals surface area contributed by atoms with Gasteiger partial charge in [-0.25, -0.2) is 4.79 Å². The van der Waals surface area contributed by atoms with E-state index in [1.807, 2.05) is 6.07 Å². The van der Waals surface area contributed by atoms with Crippen molar-refractivity contribution in [3.05, 3.63) is 35.4 Å². The van der Waals surface area contributed by atoms with Crippen molar-refractivity contribution < 1.29 is 14.6 Å². The number of rotatable bonds is 5. The quantitative estimate of drug-likeness (QED) is 0.856. The molecule has 4 nitrogen and oxygen atoms in total. The van der Waals surface area contributed by atoms with E-state index in [9.17, 15) is 4.79 Å². The Morgan fingerprint density at radius 3 is 2.95 bits per heavy atom. The summed E-state index contributed by atoms with van der Waals surface area (Å²) >= 11 is 0. The van der Waals surface area contributed by atoms with Crippen LogP contribution in [-0.2, 0) is 11.3 Å². The van der Waals surface area contributed by atoms with E-state index >= 15 is 0 Å². The zero-order valence-electron chi connectivity index (χ0n) is 11.3. The van der Waals surface area contributed by atoms with Gasteiger partial charge in [0, 0.05) is 19.7 Å². The summed E-state index contributed by atoms with van der Waals surface area (Å²) < 4.78 is 5.50. The molecular weight excluding hydrogens is 242 g/mol. The highest BCUT2D eigenvalue weighted by atomic mass is 16.5. The molecule has 1 aliphatic carbocycles. The van der Waals surface area contributed by atoms with Gasteiger partial charge in [0.15, 0.2) is 0 Å². The number of carboxylic acids is 1. The largest absolute Gasteiger partial charge is 0.478 e. The Kier molecular flexibility index (Phi) is 4.93. The number of aromatic carboxylic acids is 1. The molecule has 1 aromatic rings. The van der Waals surface area contributed by atoms with Crippen LogP contribution in [0.2, 0.25) is 0 Å². The van der Waals surface area contributed by atoms with Gasteiger partial charge in [-0.05, 0) is 30.5 Å². The first kappa shape index (κ1) is 14.0. The number of benzene rings is 1. The zero-order chi connectivity index (χ0) is 13.7. The molecule has 1 aliphatic rings. The third kappa shape index (κ3) is 3.78. The molecule has 0 spiro atoms. The highest BCUT2D eigenvalue weighted by Gasteiger charge is 2.24. The van der Waals surface area contributed by atoms with Crippen molar-refractivity contribution >= 4 is 5.97 Å². The van der Waals surface area contributed by atoms with Crippen LogP contribution in [0.25, 0.3) is 0 Å². The Labute approximate surface area is 113 Å². The van der Waals surface area contributed by atoms with Crippen molar-refractivity contribution in [1.82, 2.24) is 5.32 Å². The molecule has 0 heterocycles. The maximum absolute atomic E-state index is 10.9. The standard InChI is InChI=1S/C15H21NO3/c1-19-14-8-3-2-7-13(14)16-10-11-5-4-6-12(9-11)15(17)18/h4-6,9,13-14,16H,2-3,7-8,10H2,1H3,(H,17,18). The second-order valence-electron chi connectivity index (χ2n) is 5.05. The Balaban J connectivity index is 1.94. The van der Waals surface area contributed by atoms with Crippen molar-refractivity contribution in [3.63, 3.8) is 0 Å². The molecule has 0 saturated heterocycles. The maximum atomic E-state index is 10.9. The first-order chi connectivity index (χ1) is 9.20. The highest BCUT2D eigenvalue weighted by molar-refractivity contribution is 5.87. The van der Waals surface area contributed by atoms with E-state index in [1.54, 1.807) is 25.3 Å². The van der Waals surface area contributed by atoms with E-state index in [1.165, 1.54) is 12.8 Å². The monoisotopic (exact) mass is 263 g/mol. The lowest BCUT2D eigenvalue weighted by Crippen LogP contribution is -2.42. The van der Waals surface area contributed by atoms with Gasteiger partial charge in [0.25, 0.3) is 0 Å². The van der Waals surface area contributed by atoms with Gasteiger partial charge in [-0.2, -0.15) is 0 Å². The van der Waals surface area contributed by atoms with Crippen LogP contribution in [-0.4, -0.2) is 30.3 Å². The molecule has 0 aromatic heterocycles. The molecule has 4 heteroatoms. The first-order valence-corrected chi connectivity index (χ1v) is 6.79. The molecular formula is C15H21NO3. The summed E-state index contributed by atoms with van der Waals surface area (Å²) in [7, 11) is 1.76. The van der Waals surface area contributed by atoms with Gasteiger partial charge in [0.2, 0.25) is 0 Å². The predicted molar refractivity (Wildman–Crippen MR) is 73.3 cm³/mol. The lowest BCUT2D eigenvalue weighted by Gasteiger charge is -2.31. The second kappa shape index (κ2) is 6.68. The van der Waals surface area contributed by atoms with Gasteiger partial charge in [0.1, 0.15) is 0 Å². The molecule has 1 fully saturated rings. The molecule has 0 amide bonds. The van der Waals surface area contributed by atoms with Crippen LogP contribution in [0, 0.1) is 0 Å². The molecule has 1 aromatic carbocycles. The van der Waals surface area contributed by atoms with Gasteiger partial charge in [-0.15, -0.1) is 0 Å². The van der Waals surface area contributed by atoms with Crippen LogP contribution in [0.5, 0.6) is 0 Å². The number of methoxy groups -OCH3 is 1. The molecule has 2 atom stereocenters. The average molecular weight is 263 g/mol. The van der Waals surface area contributed by atoms with E-state index in [4.69, 9.17) is 9.84 Å². The number of carbonyl (C=O) groups is 1. The summed E-state index contributed by atoms with van der Waals surface area (Å²) in [5, 5.41) is 12.5. The summed E-state index contributed by atoms with van der Waals surface area (Å²) in [5.41, 5.74) is 1.34. The summed E-state index contributed by atoms with van der Waals surface area (Å²) in [6, 6.07) is 7.44. The summed E-state index contributed by atoms with van der Waals surface area (Å²) in [4.78, 5) is 10.9. The Morgan fingerprint density at radius 1 is 1.42 bits per heavy atom. The average Bonchev–Trinajstić information content (AvgIpc) is 2.45. The normalized spacial score (nSPS) is 23.2. The van der Waals surface area contributed by atoms with Crippen LogP contribution in [0.3, 0.4) is 0 Å². The van der Waals surface area contributed by atoms with Crippen LogP contribution in [0.4, 0.5) is 0 Å². The Bertz CT molecular complexity index is 433. The fraction of sp³-hybridized carbons (Fsp3) is 0.533. The number of ether oxygens (including phenoxy) is 1. The summed E-state index contributed by atoms with van der Waals surface area (Å²) in [6.07, 6.45) is 4.95. The molecule has 2 rings (SSSR count). The lowest BCUT2D eigenvalue weighted by atomic mass is 9.92. The first-order valence-electron chi connectivity index (χ1n) is 6.79. The van der Waals surface area contributed by atoms with Crippen molar-refractivity contribution in [2.45, 2.75) is 44.4 Å². The van der Waals surface area contributed by atoms with Crippen molar-refractivity contribution in [3.8, 4) is 0 Å². The lowest BCUT2D eigenvalue weighted by molar-refractivity contribution is 0.0413. The van der Waals surface area contributed by atoms with Gasteiger partial charge in [-0.3, -0.25) is 0 Å². The van der Waals surface area contributed by atoms with Gasteiger partial charge >= 0.3 is 5.97 Å². The maximum Gasteiger partial charge on any atom is 0.335 e. The van der Waals surface area contributed by atoms with Crippen LogP contribution in [0.15, 0.2) is 24.3 Å². The molecule has 0 bridgehead atoms. The second-order valence-corrected chi connectivity index (χ2v) is 5.05. The Hall–Kier alpha value is -1.39. The Morgan fingerprint density at radius 2 is 2.21 bits per heavy atom. The van der Waals surface area contributed by atoms with Crippen LogP contribution < -0.4 is 5.32 Å². The van der Waals surface area contributed by atoms with E-state index in [0.717, 1.165) is 18.4 Å². The smallest absolute Gasteiger partial charge is 0.335 e. The number of nitrogens with one attached hydrogen (secondary N) is 1. The molecule has 2 unspecified atom stereocenters. The number of hydrogen-bond acceptors (Lipinski definition) is 3. The molecule has 19 heavy (non-hydrogen) atoms. The predicted octanol–water partition coefficient (Wildman–Crippen LogP) is 2.43. The van der Waals surface area contributed by atoms with Gasteiger partial charge < -0.3 is 15.2 Å². The van der Waals surface area contributed by atoms with Crippen LogP contribution >= 0.6 is 0 Å². The fourth-order valence-electron chi connectivity index (χ4n) is 2.68. The van der Waals surface area contributed by atoms with E-state index in [0.29, 0.717) is 18.2 Å². The molecule has 0 radical (unpaired) electrons. The summed E-state index contributed by atoms with van der Waals surface area (Å²) in [5.74, 6) is -0.880. The van der Waals surface area contributed by atoms with E-state index in [-0.39, 0.29) is 6.10 Å². The molecule has 2 N–H and O–H groups in total. The van der Waals surface area contributed by atoms with Crippen molar-refractivity contribution in [1.29, 1.82) is 0 Å². The SMILES string of the molecule is COC1CCCCC1NCc1cccc(C(=O)O)c1. The van der Waals surface area contributed by atoms with E-state index < -0.39 is 5.97 Å². The molecule has 0 aliphatic heterocycles. The zero-order valence-corrected chi connectivity index (χ0v) is 11.3. The van der Waals surface area contributed by atoms with Gasteiger partial charge in [0.05, 0.1) is 11.7 Å². The third-order valence-corrected chi connectivity index (χ3v) is 3.75. The van der Waals surface area contributed by atoms with Crippen LogP contribution in [0.1, 0.15) is 41.6 Å². The molecule has 104 valence electrons. The van der Waals surface area contributed by atoms with Crippen molar-refractivity contribution in [2.75, 3.05) is 7.11 Å². The number of carboxylic acid groups (broad SMARTS) is 1. The van der Waals surface area contributed by atoms with Gasteiger partial charge in [-0.1, -0.05) is 25.0 Å². The molecule has 1 saturated carbocycles. The minimum absolute atomic E-state index is 0.274. The van der Waals surface area contributed by atoms with E-state index in [2.05, 4.69) is 5.32 Å². The topological polar surface area (TPSA) is 58.6 Å². The third-order valence-electron chi connectivity index (χ3n) is 3.75.